The second-order valence-corrected chi connectivity index (χ2v) is 6.20. The molecule has 1 heterocycles. The molecule has 5 heteroatoms. The lowest BCUT2D eigenvalue weighted by atomic mass is 9.95. The van der Waals surface area contributed by atoms with Crippen molar-refractivity contribution in [3.05, 3.63) is 63.1 Å². The zero-order chi connectivity index (χ0) is 14.8. The summed E-state index contributed by atoms with van der Waals surface area (Å²) in [4.78, 5) is 12.4. The van der Waals surface area contributed by atoms with Gasteiger partial charge in [0.1, 0.15) is 0 Å². The number of nitrogens with one attached hydrogen (secondary N) is 2. The number of carbonyl (C=O) groups is 1. The fourth-order valence-electron chi connectivity index (χ4n) is 2.46. The minimum absolute atomic E-state index is 0.0486. The van der Waals surface area contributed by atoms with Gasteiger partial charge in [-0.15, -0.1) is 0 Å². The highest BCUT2D eigenvalue weighted by atomic mass is 79.9. The van der Waals surface area contributed by atoms with Crippen LogP contribution < -0.4 is 10.6 Å². The molecular weight excluding hydrogens is 352 g/mol. The third-order valence-electron chi connectivity index (χ3n) is 3.61. The van der Waals surface area contributed by atoms with E-state index in [4.69, 9.17) is 11.6 Å². The van der Waals surface area contributed by atoms with Crippen molar-refractivity contribution in [1.29, 1.82) is 0 Å². The maximum absolute atomic E-state index is 12.4. The van der Waals surface area contributed by atoms with Crippen LogP contribution in [-0.4, -0.2) is 11.9 Å². The van der Waals surface area contributed by atoms with Crippen molar-refractivity contribution >= 4 is 39.1 Å². The predicted molar refractivity (Wildman–Crippen MR) is 88.6 cm³/mol. The van der Waals surface area contributed by atoms with Crippen LogP contribution in [0.1, 0.15) is 11.1 Å². The summed E-state index contributed by atoms with van der Waals surface area (Å²) in [5.74, 6) is -0.0486. The first-order chi connectivity index (χ1) is 10.1. The first-order valence-corrected chi connectivity index (χ1v) is 7.87. The first-order valence-electron chi connectivity index (χ1n) is 6.70. The molecule has 1 atom stereocenters. The van der Waals surface area contributed by atoms with Crippen molar-refractivity contribution in [3.8, 4) is 0 Å². The molecular formula is C16H14BrClN2O. The van der Waals surface area contributed by atoms with Gasteiger partial charge in [-0.25, -0.2) is 0 Å². The smallest absolute Gasteiger partial charge is 0.241 e. The average molecular weight is 366 g/mol. The highest BCUT2D eigenvalue weighted by molar-refractivity contribution is 9.10. The van der Waals surface area contributed by atoms with Crippen molar-refractivity contribution < 1.29 is 4.79 Å². The summed E-state index contributed by atoms with van der Waals surface area (Å²) in [6, 6.07) is 13.4. The number of rotatable bonds is 2. The molecule has 0 fully saturated rings. The molecule has 0 aliphatic carbocycles. The molecule has 2 N–H and O–H groups in total. The average Bonchev–Trinajstić information content (AvgIpc) is 2.51. The van der Waals surface area contributed by atoms with Crippen LogP contribution in [0.2, 0.25) is 5.02 Å². The third-order valence-corrected chi connectivity index (χ3v) is 5.00. The molecule has 0 saturated carbocycles. The minimum Gasteiger partial charge on any atom is -0.324 e. The van der Waals surface area contributed by atoms with Gasteiger partial charge in [0.15, 0.2) is 0 Å². The zero-order valence-electron chi connectivity index (χ0n) is 11.2. The van der Waals surface area contributed by atoms with Crippen LogP contribution >= 0.6 is 27.5 Å². The molecule has 3 nitrogen and oxygen atoms in total. The van der Waals surface area contributed by atoms with Gasteiger partial charge in [-0.3, -0.25) is 4.79 Å². The Kier molecular flexibility index (Phi) is 4.29. The van der Waals surface area contributed by atoms with Gasteiger partial charge < -0.3 is 10.6 Å². The Bertz CT molecular complexity index is 690. The lowest BCUT2D eigenvalue weighted by Crippen LogP contribution is -2.44. The van der Waals surface area contributed by atoms with E-state index in [1.807, 2.05) is 24.3 Å². The highest BCUT2D eigenvalue weighted by Gasteiger charge is 2.24. The topological polar surface area (TPSA) is 41.1 Å². The van der Waals surface area contributed by atoms with E-state index in [0.29, 0.717) is 28.1 Å². The Morgan fingerprint density at radius 3 is 2.76 bits per heavy atom. The monoisotopic (exact) mass is 364 g/mol. The number of fused-ring (bicyclic) bond motifs is 1. The summed E-state index contributed by atoms with van der Waals surface area (Å²) in [7, 11) is 0. The van der Waals surface area contributed by atoms with E-state index in [9.17, 15) is 4.79 Å². The number of hydrogen-bond acceptors (Lipinski definition) is 2. The lowest BCUT2D eigenvalue weighted by Gasteiger charge is -2.25. The molecule has 0 radical (unpaired) electrons. The summed E-state index contributed by atoms with van der Waals surface area (Å²) in [5, 5.41) is 6.77. The Labute approximate surface area is 136 Å². The first kappa shape index (κ1) is 14.6. The second kappa shape index (κ2) is 6.18. The molecule has 108 valence electrons. The summed E-state index contributed by atoms with van der Waals surface area (Å²) in [5.41, 5.74) is 3.17. The summed E-state index contributed by atoms with van der Waals surface area (Å²) in [6.07, 6.45) is 0.695. The van der Waals surface area contributed by atoms with Gasteiger partial charge in [0.25, 0.3) is 0 Å². The number of hydrogen-bond donors (Lipinski definition) is 2. The molecule has 0 aromatic heterocycles. The summed E-state index contributed by atoms with van der Waals surface area (Å²) in [6.45, 7) is 0.713. The van der Waals surface area contributed by atoms with Crippen molar-refractivity contribution in [2.24, 2.45) is 0 Å². The van der Waals surface area contributed by atoms with E-state index in [-0.39, 0.29) is 11.9 Å². The number of amides is 1. The van der Waals surface area contributed by atoms with Crippen LogP contribution in [0.25, 0.3) is 0 Å². The predicted octanol–water partition coefficient (Wildman–Crippen LogP) is 3.76. The molecule has 1 amide bonds. The van der Waals surface area contributed by atoms with E-state index < -0.39 is 0 Å². The largest absolute Gasteiger partial charge is 0.324 e. The Hall–Kier alpha value is -1.36. The minimum atomic E-state index is -0.231. The SMILES string of the molecule is O=C(Nc1cccc(Cl)c1Br)C1Cc2ccccc2CN1. The quantitative estimate of drug-likeness (QED) is 0.851. The summed E-state index contributed by atoms with van der Waals surface area (Å²) < 4.78 is 0.705. The molecule has 0 bridgehead atoms. The van der Waals surface area contributed by atoms with Crippen LogP contribution in [0.3, 0.4) is 0 Å². The number of carbonyl (C=O) groups excluding carboxylic acids is 1. The van der Waals surface area contributed by atoms with E-state index in [1.165, 1.54) is 11.1 Å². The molecule has 2 aromatic carbocycles. The van der Waals surface area contributed by atoms with Gasteiger partial charge in [0, 0.05) is 6.54 Å². The number of halogens is 2. The molecule has 2 aromatic rings. The van der Waals surface area contributed by atoms with Crippen LogP contribution in [-0.2, 0) is 17.8 Å². The molecule has 1 aliphatic heterocycles. The molecule has 1 unspecified atom stereocenters. The normalized spacial score (nSPS) is 17.1. The van der Waals surface area contributed by atoms with Gasteiger partial charge >= 0.3 is 0 Å². The maximum atomic E-state index is 12.4. The van der Waals surface area contributed by atoms with Crippen molar-refractivity contribution in [2.75, 3.05) is 5.32 Å². The fourth-order valence-corrected chi connectivity index (χ4v) is 3.00. The van der Waals surface area contributed by atoms with E-state index in [2.05, 4.69) is 38.7 Å². The van der Waals surface area contributed by atoms with Gasteiger partial charge in [0.05, 0.1) is 21.2 Å². The fraction of sp³-hybridized carbons (Fsp3) is 0.188. The lowest BCUT2D eigenvalue weighted by molar-refractivity contribution is -0.118. The van der Waals surface area contributed by atoms with Crippen molar-refractivity contribution in [3.63, 3.8) is 0 Å². The highest BCUT2D eigenvalue weighted by Crippen LogP contribution is 2.30. The molecule has 0 saturated heterocycles. The van der Waals surface area contributed by atoms with Gasteiger partial charge in [-0.2, -0.15) is 0 Å². The van der Waals surface area contributed by atoms with Crippen LogP contribution in [0, 0.1) is 0 Å². The van der Waals surface area contributed by atoms with Gasteiger partial charge in [-0.05, 0) is 45.6 Å². The maximum Gasteiger partial charge on any atom is 0.241 e. The Balaban J connectivity index is 1.74. The molecule has 1 aliphatic rings. The summed E-state index contributed by atoms with van der Waals surface area (Å²) >= 11 is 9.43. The van der Waals surface area contributed by atoms with Crippen LogP contribution in [0.4, 0.5) is 5.69 Å². The molecule has 21 heavy (non-hydrogen) atoms. The molecule has 3 rings (SSSR count). The van der Waals surface area contributed by atoms with E-state index >= 15 is 0 Å². The van der Waals surface area contributed by atoms with Crippen molar-refractivity contribution in [1.82, 2.24) is 5.32 Å². The number of anilines is 1. The van der Waals surface area contributed by atoms with Crippen LogP contribution in [0.5, 0.6) is 0 Å². The van der Waals surface area contributed by atoms with E-state index in [0.717, 1.165) is 0 Å². The van der Waals surface area contributed by atoms with Crippen molar-refractivity contribution in [2.45, 2.75) is 19.0 Å². The standard InChI is InChI=1S/C16H14BrClN2O/c17-15-12(18)6-3-7-13(15)20-16(21)14-8-10-4-1-2-5-11(10)9-19-14/h1-7,14,19H,8-9H2,(H,20,21). The third kappa shape index (κ3) is 3.12. The zero-order valence-corrected chi connectivity index (χ0v) is 13.5. The number of benzene rings is 2. The second-order valence-electron chi connectivity index (χ2n) is 5.00. The van der Waals surface area contributed by atoms with Crippen LogP contribution in [0.15, 0.2) is 46.9 Å². The Morgan fingerprint density at radius 2 is 1.95 bits per heavy atom. The van der Waals surface area contributed by atoms with Gasteiger partial charge in [0.2, 0.25) is 5.91 Å². The van der Waals surface area contributed by atoms with Gasteiger partial charge in [-0.1, -0.05) is 41.9 Å². The molecule has 0 spiro atoms. The Morgan fingerprint density at radius 1 is 1.19 bits per heavy atom. The van der Waals surface area contributed by atoms with E-state index in [1.54, 1.807) is 6.07 Å².